The van der Waals surface area contributed by atoms with Gasteiger partial charge in [-0.15, -0.1) is 11.3 Å². The lowest BCUT2D eigenvalue weighted by molar-refractivity contribution is 0.811. The quantitative estimate of drug-likeness (QED) is 0.769. The van der Waals surface area contributed by atoms with Crippen molar-refractivity contribution < 1.29 is 0 Å². The highest BCUT2D eigenvalue weighted by Gasteiger charge is 2.22. The molecule has 0 aliphatic heterocycles. The van der Waals surface area contributed by atoms with Gasteiger partial charge in [-0.3, -0.25) is 0 Å². The number of para-hydroxylation sites is 1. The molecule has 0 spiro atoms. The monoisotopic (exact) mass is 304 g/mol. The SMILES string of the molecule is Cc1c(C(CN)c2ccc(Cl)s2)c2ccccc2n1C. The first-order valence-electron chi connectivity index (χ1n) is 6.62. The van der Waals surface area contributed by atoms with E-state index in [0.29, 0.717) is 6.54 Å². The highest BCUT2D eigenvalue weighted by molar-refractivity contribution is 7.16. The zero-order valence-electron chi connectivity index (χ0n) is 11.6. The van der Waals surface area contributed by atoms with Crippen LogP contribution in [0.1, 0.15) is 22.1 Å². The van der Waals surface area contributed by atoms with Crippen LogP contribution in [0.15, 0.2) is 36.4 Å². The normalized spacial score (nSPS) is 13.0. The first kappa shape index (κ1) is 13.7. The molecule has 1 aromatic carbocycles. The molecule has 2 nitrogen and oxygen atoms in total. The molecule has 2 N–H and O–H groups in total. The average Bonchev–Trinajstić information content (AvgIpc) is 2.98. The van der Waals surface area contributed by atoms with E-state index in [9.17, 15) is 0 Å². The predicted octanol–water partition coefficient (Wildman–Crippen LogP) is 4.29. The van der Waals surface area contributed by atoms with Crippen LogP contribution in [0.25, 0.3) is 10.9 Å². The van der Waals surface area contributed by atoms with Crippen molar-refractivity contribution in [3.8, 4) is 0 Å². The van der Waals surface area contributed by atoms with Crippen LogP contribution in [0.2, 0.25) is 4.34 Å². The van der Waals surface area contributed by atoms with Gasteiger partial charge in [0.05, 0.1) is 4.34 Å². The van der Waals surface area contributed by atoms with Gasteiger partial charge in [-0.1, -0.05) is 29.8 Å². The summed E-state index contributed by atoms with van der Waals surface area (Å²) in [4.78, 5) is 1.23. The molecular weight excluding hydrogens is 288 g/mol. The third-order valence-electron chi connectivity index (χ3n) is 3.97. The molecule has 0 fully saturated rings. The van der Waals surface area contributed by atoms with E-state index in [-0.39, 0.29) is 5.92 Å². The number of benzene rings is 1. The molecule has 0 saturated carbocycles. The summed E-state index contributed by atoms with van der Waals surface area (Å²) in [7, 11) is 2.11. The molecule has 0 aliphatic rings. The van der Waals surface area contributed by atoms with Gasteiger partial charge in [-0.25, -0.2) is 0 Å². The van der Waals surface area contributed by atoms with Crippen molar-refractivity contribution in [2.24, 2.45) is 12.8 Å². The Morgan fingerprint density at radius 2 is 2.00 bits per heavy atom. The molecule has 0 aliphatic carbocycles. The highest BCUT2D eigenvalue weighted by Crippen LogP contribution is 2.38. The smallest absolute Gasteiger partial charge is 0.0931 e. The fourth-order valence-corrected chi connectivity index (χ4v) is 4.07. The van der Waals surface area contributed by atoms with E-state index >= 15 is 0 Å². The Kier molecular flexibility index (Phi) is 3.59. The van der Waals surface area contributed by atoms with E-state index in [2.05, 4.69) is 48.9 Å². The Hall–Kier alpha value is -1.29. The Labute approximate surface area is 127 Å². The minimum Gasteiger partial charge on any atom is -0.348 e. The highest BCUT2D eigenvalue weighted by atomic mass is 35.5. The fourth-order valence-electron chi connectivity index (χ4n) is 2.88. The Balaban J connectivity index is 2.24. The van der Waals surface area contributed by atoms with Gasteiger partial charge in [0.1, 0.15) is 0 Å². The lowest BCUT2D eigenvalue weighted by atomic mass is 9.94. The van der Waals surface area contributed by atoms with E-state index in [1.807, 2.05) is 6.07 Å². The number of nitrogens with zero attached hydrogens (tertiary/aromatic N) is 1. The standard InChI is InChI=1S/C16H17ClN2S/c1-10-16(11-5-3-4-6-13(11)19(10)2)12(9-18)14-7-8-15(17)20-14/h3-8,12H,9,18H2,1-2H3. The Morgan fingerprint density at radius 1 is 1.25 bits per heavy atom. The van der Waals surface area contributed by atoms with E-state index < -0.39 is 0 Å². The van der Waals surface area contributed by atoms with Gasteiger partial charge in [-0.05, 0) is 30.7 Å². The molecule has 3 rings (SSSR count). The van der Waals surface area contributed by atoms with Gasteiger partial charge < -0.3 is 10.3 Å². The van der Waals surface area contributed by atoms with Crippen LogP contribution >= 0.6 is 22.9 Å². The van der Waals surface area contributed by atoms with Crippen LogP contribution in [0.4, 0.5) is 0 Å². The first-order chi connectivity index (χ1) is 9.63. The van der Waals surface area contributed by atoms with Crippen molar-refractivity contribution in [2.45, 2.75) is 12.8 Å². The number of nitrogens with two attached hydrogens (primary N) is 1. The van der Waals surface area contributed by atoms with Crippen LogP contribution in [0, 0.1) is 6.92 Å². The second-order valence-electron chi connectivity index (χ2n) is 5.01. The summed E-state index contributed by atoms with van der Waals surface area (Å²) >= 11 is 7.70. The van der Waals surface area contributed by atoms with Gasteiger partial charge in [0, 0.05) is 41.0 Å². The third-order valence-corrected chi connectivity index (χ3v) is 5.31. The molecule has 0 bridgehead atoms. The number of halogens is 1. The number of thiophene rings is 1. The molecular formula is C16H17ClN2S. The molecule has 0 radical (unpaired) electrons. The van der Waals surface area contributed by atoms with Gasteiger partial charge >= 0.3 is 0 Å². The van der Waals surface area contributed by atoms with E-state index in [4.69, 9.17) is 17.3 Å². The predicted molar refractivity (Wildman–Crippen MR) is 87.9 cm³/mol. The maximum Gasteiger partial charge on any atom is 0.0931 e. The summed E-state index contributed by atoms with van der Waals surface area (Å²) in [6, 6.07) is 12.5. The number of hydrogen-bond donors (Lipinski definition) is 1. The summed E-state index contributed by atoms with van der Waals surface area (Å²) in [5, 5.41) is 1.28. The van der Waals surface area contributed by atoms with Crippen molar-refractivity contribution in [3.63, 3.8) is 0 Å². The lowest BCUT2D eigenvalue weighted by Crippen LogP contribution is -2.13. The molecule has 20 heavy (non-hydrogen) atoms. The second kappa shape index (κ2) is 5.24. The zero-order valence-corrected chi connectivity index (χ0v) is 13.1. The summed E-state index contributed by atoms with van der Waals surface area (Å²) < 4.78 is 3.05. The van der Waals surface area contributed by atoms with Crippen molar-refractivity contribution in [3.05, 3.63) is 56.9 Å². The van der Waals surface area contributed by atoms with Gasteiger partial charge in [0.2, 0.25) is 0 Å². The number of fused-ring (bicyclic) bond motifs is 1. The maximum atomic E-state index is 6.08. The van der Waals surface area contributed by atoms with E-state index in [1.54, 1.807) is 11.3 Å². The van der Waals surface area contributed by atoms with Crippen molar-refractivity contribution in [1.82, 2.24) is 4.57 Å². The summed E-state index contributed by atoms with van der Waals surface area (Å²) in [5.41, 5.74) is 9.91. The molecule has 104 valence electrons. The number of hydrogen-bond acceptors (Lipinski definition) is 2. The number of aryl methyl sites for hydroxylation is 1. The molecule has 0 saturated heterocycles. The van der Waals surface area contributed by atoms with Crippen LogP contribution < -0.4 is 5.73 Å². The van der Waals surface area contributed by atoms with Crippen LogP contribution in [-0.4, -0.2) is 11.1 Å². The average molecular weight is 305 g/mol. The van der Waals surface area contributed by atoms with E-state index in [0.717, 1.165) is 4.34 Å². The van der Waals surface area contributed by atoms with Crippen LogP contribution in [-0.2, 0) is 7.05 Å². The van der Waals surface area contributed by atoms with Gasteiger partial charge in [-0.2, -0.15) is 0 Å². The minimum absolute atomic E-state index is 0.207. The third kappa shape index (κ3) is 2.06. The maximum absolute atomic E-state index is 6.08. The minimum atomic E-state index is 0.207. The topological polar surface area (TPSA) is 30.9 Å². The summed E-state index contributed by atoms with van der Waals surface area (Å²) in [6.45, 7) is 2.75. The Morgan fingerprint density at radius 3 is 2.65 bits per heavy atom. The second-order valence-corrected chi connectivity index (χ2v) is 6.75. The molecule has 2 aromatic heterocycles. The van der Waals surface area contributed by atoms with Crippen molar-refractivity contribution in [1.29, 1.82) is 0 Å². The molecule has 3 aromatic rings. The molecule has 1 atom stereocenters. The molecule has 0 amide bonds. The van der Waals surface area contributed by atoms with Crippen molar-refractivity contribution >= 4 is 33.8 Å². The number of rotatable bonds is 3. The largest absolute Gasteiger partial charge is 0.348 e. The summed E-state index contributed by atoms with van der Waals surface area (Å²) in [6.07, 6.45) is 0. The fraction of sp³-hybridized carbons (Fsp3) is 0.250. The first-order valence-corrected chi connectivity index (χ1v) is 7.82. The molecule has 4 heteroatoms. The molecule has 2 heterocycles. The summed E-state index contributed by atoms with van der Waals surface area (Å²) in [5.74, 6) is 0.207. The van der Waals surface area contributed by atoms with Crippen LogP contribution in [0.5, 0.6) is 0 Å². The zero-order chi connectivity index (χ0) is 14.3. The Bertz CT molecular complexity index is 757. The number of aromatic nitrogens is 1. The van der Waals surface area contributed by atoms with Gasteiger partial charge in [0.25, 0.3) is 0 Å². The van der Waals surface area contributed by atoms with Crippen LogP contribution in [0.3, 0.4) is 0 Å². The molecule has 1 unspecified atom stereocenters. The lowest BCUT2D eigenvalue weighted by Gasteiger charge is -2.14. The van der Waals surface area contributed by atoms with Crippen molar-refractivity contribution in [2.75, 3.05) is 6.54 Å². The van der Waals surface area contributed by atoms with Gasteiger partial charge in [0.15, 0.2) is 0 Å². The van der Waals surface area contributed by atoms with E-state index in [1.165, 1.54) is 27.0 Å².